The summed E-state index contributed by atoms with van der Waals surface area (Å²) in [6.07, 6.45) is 2.25. The molecule has 1 N–H and O–H groups in total. The first-order chi connectivity index (χ1) is 12.0. The predicted molar refractivity (Wildman–Crippen MR) is 95.4 cm³/mol. The largest absolute Gasteiger partial charge is 0.444 e. The fraction of sp³-hybridized carbons (Fsp3) is 0.316. The van der Waals surface area contributed by atoms with Crippen molar-refractivity contribution < 1.29 is 9.21 Å². The molecular formula is C19H22N4O2. The maximum atomic E-state index is 12.3. The molecule has 0 spiro atoms. The van der Waals surface area contributed by atoms with Crippen molar-refractivity contribution in [1.82, 2.24) is 20.1 Å². The lowest BCUT2D eigenvalue weighted by molar-refractivity contribution is 0.0952. The van der Waals surface area contributed by atoms with Crippen molar-refractivity contribution in [2.45, 2.75) is 27.2 Å². The molecule has 6 nitrogen and oxygen atoms in total. The van der Waals surface area contributed by atoms with E-state index in [1.54, 1.807) is 10.9 Å². The van der Waals surface area contributed by atoms with Crippen LogP contribution < -0.4 is 5.32 Å². The summed E-state index contributed by atoms with van der Waals surface area (Å²) in [6, 6.07) is 8.03. The maximum Gasteiger partial charge on any atom is 0.255 e. The number of carbonyl (C=O) groups excluding carboxylic acids is 1. The minimum Gasteiger partial charge on any atom is -0.444 e. The van der Waals surface area contributed by atoms with E-state index >= 15 is 0 Å². The van der Waals surface area contributed by atoms with Gasteiger partial charge in [-0.1, -0.05) is 17.7 Å². The normalized spacial score (nSPS) is 10.9. The van der Waals surface area contributed by atoms with E-state index in [2.05, 4.69) is 15.4 Å². The molecule has 0 aliphatic heterocycles. The number of hydrogen-bond donors (Lipinski definition) is 1. The van der Waals surface area contributed by atoms with Crippen LogP contribution in [0.3, 0.4) is 0 Å². The van der Waals surface area contributed by atoms with E-state index in [0.29, 0.717) is 24.4 Å². The van der Waals surface area contributed by atoms with E-state index in [4.69, 9.17) is 4.42 Å². The molecule has 0 saturated carbocycles. The zero-order valence-electron chi connectivity index (χ0n) is 15.0. The Bertz CT molecular complexity index is 891. The van der Waals surface area contributed by atoms with Gasteiger partial charge in [0.25, 0.3) is 5.91 Å². The molecule has 0 radical (unpaired) electrons. The molecule has 3 rings (SSSR count). The maximum absolute atomic E-state index is 12.3. The van der Waals surface area contributed by atoms with Crippen LogP contribution >= 0.6 is 0 Å². The molecule has 130 valence electrons. The van der Waals surface area contributed by atoms with Crippen LogP contribution in [-0.4, -0.2) is 27.2 Å². The number of aromatic nitrogens is 3. The first-order valence-electron chi connectivity index (χ1n) is 8.25. The highest BCUT2D eigenvalue weighted by Gasteiger charge is 2.17. The van der Waals surface area contributed by atoms with Crippen molar-refractivity contribution in [3.63, 3.8) is 0 Å². The van der Waals surface area contributed by atoms with E-state index in [-0.39, 0.29) is 5.91 Å². The van der Waals surface area contributed by atoms with Crippen molar-refractivity contribution in [2.24, 2.45) is 7.05 Å². The second-order valence-electron chi connectivity index (χ2n) is 6.19. The quantitative estimate of drug-likeness (QED) is 0.776. The van der Waals surface area contributed by atoms with Crippen molar-refractivity contribution in [3.8, 4) is 11.5 Å². The highest BCUT2D eigenvalue weighted by Crippen LogP contribution is 2.19. The fourth-order valence-corrected chi connectivity index (χ4v) is 2.75. The lowest BCUT2D eigenvalue weighted by Gasteiger charge is -2.04. The van der Waals surface area contributed by atoms with Gasteiger partial charge in [0.15, 0.2) is 0 Å². The molecule has 2 heterocycles. The van der Waals surface area contributed by atoms with Gasteiger partial charge in [-0.05, 0) is 32.9 Å². The molecule has 6 heteroatoms. The summed E-state index contributed by atoms with van der Waals surface area (Å²) in [5.74, 6) is 0.491. The Kier molecular flexibility index (Phi) is 4.70. The van der Waals surface area contributed by atoms with Crippen molar-refractivity contribution >= 4 is 5.91 Å². The number of amides is 1. The van der Waals surface area contributed by atoms with Crippen LogP contribution in [0, 0.1) is 20.8 Å². The Morgan fingerprint density at radius 2 is 1.92 bits per heavy atom. The third kappa shape index (κ3) is 3.63. The van der Waals surface area contributed by atoms with Gasteiger partial charge in [0, 0.05) is 31.3 Å². The summed E-state index contributed by atoms with van der Waals surface area (Å²) in [7, 11) is 1.83. The average Bonchev–Trinajstić information content (AvgIpc) is 3.13. The molecule has 0 aliphatic carbocycles. The Hall–Kier alpha value is -2.89. The molecule has 25 heavy (non-hydrogen) atoms. The minimum absolute atomic E-state index is 0.106. The zero-order valence-corrected chi connectivity index (χ0v) is 15.0. The van der Waals surface area contributed by atoms with Crippen molar-refractivity contribution in [3.05, 3.63) is 58.7 Å². The zero-order chi connectivity index (χ0) is 18.0. The third-order valence-corrected chi connectivity index (χ3v) is 4.25. The van der Waals surface area contributed by atoms with Crippen LogP contribution in [0.25, 0.3) is 11.5 Å². The van der Waals surface area contributed by atoms with Crippen LogP contribution in [-0.2, 0) is 13.5 Å². The van der Waals surface area contributed by atoms with E-state index in [1.807, 2.05) is 52.1 Å². The van der Waals surface area contributed by atoms with Gasteiger partial charge in [-0.25, -0.2) is 4.98 Å². The molecule has 0 bridgehead atoms. The summed E-state index contributed by atoms with van der Waals surface area (Å²) in [6.45, 7) is 6.26. The summed E-state index contributed by atoms with van der Waals surface area (Å²) >= 11 is 0. The molecule has 3 aromatic rings. The van der Waals surface area contributed by atoms with Crippen LogP contribution in [0.1, 0.15) is 33.0 Å². The molecule has 0 fully saturated rings. The van der Waals surface area contributed by atoms with Gasteiger partial charge in [0.05, 0.1) is 17.0 Å². The first-order valence-corrected chi connectivity index (χ1v) is 8.25. The SMILES string of the molecule is Cc1ccc(-c2nc(CCNC(=O)c3c(C)nn(C)c3C)co2)cc1. The summed E-state index contributed by atoms with van der Waals surface area (Å²) < 4.78 is 7.26. The molecule has 1 aromatic carbocycles. The number of nitrogens with zero attached hydrogens (tertiary/aromatic N) is 3. The third-order valence-electron chi connectivity index (χ3n) is 4.25. The van der Waals surface area contributed by atoms with E-state index in [0.717, 1.165) is 22.6 Å². The number of rotatable bonds is 5. The average molecular weight is 338 g/mol. The number of hydrogen-bond acceptors (Lipinski definition) is 4. The van der Waals surface area contributed by atoms with Gasteiger partial charge in [-0.2, -0.15) is 5.10 Å². The highest BCUT2D eigenvalue weighted by molar-refractivity contribution is 5.96. The number of carbonyl (C=O) groups is 1. The van der Waals surface area contributed by atoms with E-state index < -0.39 is 0 Å². The second kappa shape index (κ2) is 6.93. The Morgan fingerprint density at radius 3 is 2.56 bits per heavy atom. The van der Waals surface area contributed by atoms with Gasteiger partial charge in [0.2, 0.25) is 5.89 Å². The molecule has 0 aliphatic rings. The van der Waals surface area contributed by atoms with E-state index in [1.165, 1.54) is 5.56 Å². The molecular weight excluding hydrogens is 316 g/mol. The number of nitrogens with one attached hydrogen (secondary N) is 1. The second-order valence-corrected chi connectivity index (χ2v) is 6.19. The van der Waals surface area contributed by atoms with Crippen LogP contribution in [0.4, 0.5) is 0 Å². The van der Waals surface area contributed by atoms with Crippen molar-refractivity contribution in [2.75, 3.05) is 6.54 Å². The van der Waals surface area contributed by atoms with Gasteiger partial charge in [-0.15, -0.1) is 0 Å². The number of oxazole rings is 1. The van der Waals surface area contributed by atoms with E-state index in [9.17, 15) is 4.79 Å². The van der Waals surface area contributed by atoms with Gasteiger partial charge in [-0.3, -0.25) is 9.48 Å². The molecule has 1 amide bonds. The van der Waals surface area contributed by atoms with Crippen LogP contribution in [0.5, 0.6) is 0 Å². The lowest BCUT2D eigenvalue weighted by Crippen LogP contribution is -2.26. The number of benzene rings is 1. The monoisotopic (exact) mass is 338 g/mol. The Morgan fingerprint density at radius 1 is 1.20 bits per heavy atom. The standard InChI is InChI=1S/C19H22N4O2/c1-12-5-7-15(8-6-12)19-21-16(11-25-19)9-10-20-18(24)17-13(2)22-23(4)14(17)3/h5-8,11H,9-10H2,1-4H3,(H,20,24). The summed E-state index contributed by atoms with van der Waals surface area (Å²) in [5.41, 5.74) is 5.19. The lowest BCUT2D eigenvalue weighted by atomic mass is 10.1. The molecule has 0 atom stereocenters. The van der Waals surface area contributed by atoms with Gasteiger partial charge < -0.3 is 9.73 Å². The van der Waals surface area contributed by atoms with Gasteiger partial charge >= 0.3 is 0 Å². The smallest absolute Gasteiger partial charge is 0.255 e. The summed E-state index contributed by atoms with van der Waals surface area (Å²) in [5, 5.41) is 7.19. The Labute approximate surface area is 146 Å². The highest BCUT2D eigenvalue weighted by atomic mass is 16.3. The van der Waals surface area contributed by atoms with Crippen molar-refractivity contribution in [1.29, 1.82) is 0 Å². The molecule has 0 unspecified atom stereocenters. The Balaban J connectivity index is 1.59. The molecule has 2 aromatic heterocycles. The first kappa shape index (κ1) is 17.0. The van der Waals surface area contributed by atoms with Crippen LogP contribution in [0.2, 0.25) is 0 Å². The van der Waals surface area contributed by atoms with Gasteiger partial charge in [0.1, 0.15) is 6.26 Å². The topological polar surface area (TPSA) is 73.0 Å². The molecule has 0 saturated heterocycles. The number of aryl methyl sites for hydroxylation is 3. The predicted octanol–water partition coefficient (Wildman–Crippen LogP) is 2.97. The van der Waals surface area contributed by atoms with Crippen LogP contribution in [0.15, 0.2) is 34.9 Å². The fourth-order valence-electron chi connectivity index (χ4n) is 2.75. The minimum atomic E-state index is -0.106. The summed E-state index contributed by atoms with van der Waals surface area (Å²) in [4.78, 5) is 16.8.